The molecule has 0 heterocycles. The van der Waals surface area contributed by atoms with Crippen LogP contribution < -0.4 is 9.47 Å². The second kappa shape index (κ2) is 7.47. The van der Waals surface area contributed by atoms with Crippen molar-refractivity contribution in [2.75, 3.05) is 13.0 Å². The van der Waals surface area contributed by atoms with E-state index in [1.54, 1.807) is 7.11 Å². The standard InChI is InChI=1S/C17H15ClO2/c1-19-16-9-7-15(8-10-16)13-20-17-6-2-4-14(12-17)5-3-11-18/h2,4,6-10,12H,11,13H2,1H3. The first-order chi connectivity index (χ1) is 9.81. The van der Waals surface area contributed by atoms with Gasteiger partial charge < -0.3 is 9.47 Å². The zero-order valence-electron chi connectivity index (χ0n) is 11.2. The van der Waals surface area contributed by atoms with E-state index in [1.165, 1.54) is 0 Å². The number of hydrogen-bond donors (Lipinski definition) is 0. The smallest absolute Gasteiger partial charge is 0.121 e. The maximum atomic E-state index is 5.74. The van der Waals surface area contributed by atoms with Gasteiger partial charge in [0, 0.05) is 5.56 Å². The van der Waals surface area contributed by atoms with Crippen LogP contribution in [0.3, 0.4) is 0 Å². The number of rotatable bonds is 4. The maximum Gasteiger partial charge on any atom is 0.121 e. The summed E-state index contributed by atoms with van der Waals surface area (Å²) in [5.74, 6) is 7.76. The van der Waals surface area contributed by atoms with E-state index >= 15 is 0 Å². The van der Waals surface area contributed by atoms with Crippen LogP contribution in [0.5, 0.6) is 11.5 Å². The molecule has 0 saturated heterocycles. The third kappa shape index (κ3) is 4.22. The highest BCUT2D eigenvalue weighted by Crippen LogP contribution is 2.16. The summed E-state index contributed by atoms with van der Waals surface area (Å²) >= 11 is 5.54. The highest BCUT2D eigenvalue weighted by molar-refractivity contribution is 6.19. The molecule has 0 radical (unpaired) electrons. The van der Waals surface area contributed by atoms with Crippen molar-refractivity contribution in [1.82, 2.24) is 0 Å². The van der Waals surface area contributed by atoms with E-state index in [4.69, 9.17) is 21.1 Å². The Morgan fingerprint density at radius 2 is 1.85 bits per heavy atom. The molecule has 0 saturated carbocycles. The summed E-state index contributed by atoms with van der Waals surface area (Å²) in [4.78, 5) is 0. The summed E-state index contributed by atoms with van der Waals surface area (Å²) in [6.07, 6.45) is 0. The molecule has 0 aliphatic heterocycles. The van der Waals surface area contributed by atoms with Crippen molar-refractivity contribution in [1.29, 1.82) is 0 Å². The van der Waals surface area contributed by atoms with E-state index in [0.717, 1.165) is 22.6 Å². The van der Waals surface area contributed by atoms with Crippen LogP contribution in [0.15, 0.2) is 48.5 Å². The van der Waals surface area contributed by atoms with Crippen molar-refractivity contribution in [2.45, 2.75) is 6.61 Å². The molecular weight excluding hydrogens is 272 g/mol. The van der Waals surface area contributed by atoms with Gasteiger partial charge in [-0.15, -0.1) is 11.6 Å². The summed E-state index contributed by atoms with van der Waals surface area (Å²) in [6, 6.07) is 15.5. The van der Waals surface area contributed by atoms with Crippen molar-refractivity contribution in [3.05, 3.63) is 59.7 Å². The van der Waals surface area contributed by atoms with Crippen molar-refractivity contribution < 1.29 is 9.47 Å². The normalized spacial score (nSPS) is 9.50. The summed E-state index contributed by atoms with van der Waals surface area (Å²) < 4.78 is 10.9. The molecule has 0 amide bonds. The number of alkyl halides is 1. The fourth-order valence-electron chi connectivity index (χ4n) is 1.69. The molecule has 2 aromatic rings. The minimum absolute atomic E-state index is 0.330. The van der Waals surface area contributed by atoms with Crippen molar-refractivity contribution >= 4 is 11.6 Å². The lowest BCUT2D eigenvalue weighted by atomic mass is 10.2. The lowest BCUT2D eigenvalue weighted by molar-refractivity contribution is 0.306. The summed E-state index contributed by atoms with van der Waals surface area (Å²) in [5, 5.41) is 0. The highest BCUT2D eigenvalue weighted by Gasteiger charge is 1.98. The van der Waals surface area contributed by atoms with Gasteiger partial charge in [-0.1, -0.05) is 30.0 Å². The van der Waals surface area contributed by atoms with Gasteiger partial charge >= 0.3 is 0 Å². The molecule has 102 valence electrons. The van der Waals surface area contributed by atoms with Crippen LogP contribution in [0.4, 0.5) is 0 Å². The Kier molecular flexibility index (Phi) is 5.34. The van der Waals surface area contributed by atoms with Gasteiger partial charge in [-0.25, -0.2) is 0 Å². The summed E-state index contributed by atoms with van der Waals surface area (Å²) in [5.41, 5.74) is 1.99. The number of ether oxygens (including phenoxy) is 2. The maximum absolute atomic E-state index is 5.74. The first-order valence-corrected chi connectivity index (χ1v) is 6.76. The summed E-state index contributed by atoms with van der Waals surface area (Å²) in [7, 11) is 1.65. The van der Waals surface area contributed by atoms with Crippen LogP contribution in [0.25, 0.3) is 0 Å². The van der Waals surface area contributed by atoms with E-state index < -0.39 is 0 Å². The molecule has 0 N–H and O–H groups in total. The second-order valence-corrected chi connectivity index (χ2v) is 4.37. The van der Waals surface area contributed by atoms with Gasteiger partial charge in [-0.2, -0.15) is 0 Å². The van der Waals surface area contributed by atoms with E-state index in [2.05, 4.69) is 11.8 Å². The largest absolute Gasteiger partial charge is 0.497 e. The first kappa shape index (κ1) is 14.3. The number of halogens is 1. The fraction of sp³-hybridized carbons (Fsp3) is 0.176. The zero-order chi connectivity index (χ0) is 14.2. The van der Waals surface area contributed by atoms with Gasteiger partial charge in [0.2, 0.25) is 0 Å². The molecule has 0 fully saturated rings. The highest BCUT2D eigenvalue weighted by atomic mass is 35.5. The van der Waals surface area contributed by atoms with E-state index in [1.807, 2.05) is 48.5 Å². The molecule has 0 unspecified atom stereocenters. The molecule has 0 atom stereocenters. The topological polar surface area (TPSA) is 18.5 Å². The first-order valence-electron chi connectivity index (χ1n) is 6.22. The fourth-order valence-corrected chi connectivity index (χ4v) is 1.75. The molecule has 20 heavy (non-hydrogen) atoms. The zero-order valence-corrected chi connectivity index (χ0v) is 12.0. The Balaban J connectivity index is 1.99. The molecule has 0 spiro atoms. The quantitative estimate of drug-likeness (QED) is 0.627. The lowest BCUT2D eigenvalue weighted by Gasteiger charge is -2.07. The van der Waals surface area contributed by atoms with Crippen molar-refractivity contribution in [3.8, 4) is 23.3 Å². The van der Waals surface area contributed by atoms with Gasteiger partial charge in [-0.3, -0.25) is 0 Å². The van der Waals surface area contributed by atoms with Gasteiger partial charge in [0.05, 0.1) is 13.0 Å². The predicted octanol–water partition coefficient (Wildman–Crippen LogP) is 3.86. The number of hydrogen-bond acceptors (Lipinski definition) is 2. The van der Waals surface area contributed by atoms with Gasteiger partial charge in [-0.05, 0) is 35.9 Å². The van der Waals surface area contributed by atoms with E-state index in [9.17, 15) is 0 Å². The van der Waals surface area contributed by atoms with Crippen LogP contribution >= 0.6 is 11.6 Å². The average molecular weight is 287 g/mol. The predicted molar refractivity (Wildman–Crippen MR) is 81.4 cm³/mol. The molecule has 0 aliphatic carbocycles. The van der Waals surface area contributed by atoms with Crippen LogP contribution in [0, 0.1) is 11.8 Å². The Labute approximate surface area is 124 Å². The Morgan fingerprint density at radius 1 is 1.05 bits per heavy atom. The van der Waals surface area contributed by atoms with Crippen molar-refractivity contribution in [3.63, 3.8) is 0 Å². The second-order valence-electron chi connectivity index (χ2n) is 4.10. The van der Waals surface area contributed by atoms with E-state index in [0.29, 0.717) is 12.5 Å². The van der Waals surface area contributed by atoms with Crippen LogP contribution in [-0.4, -0.2) is 13.0 Å². The molecule has 0 bridgehead atoms. The third-order valence-corrected chi connectivity index (χ3v) is 2.83. The van der Waals surface area contributed by atoms with Crippen molar-refractivity contribution in [2.24, 2.45) is 0 Å². The third-order valence-electron chi connectivity index (χ3n) is 2.70. The van der Waals surface area contributed by atoms with Crippen LogP contribution in [0.2, 0.25) is 0 Å². The summed E-state index contributed by atoms with van der Waals surface area (Å²) in [6.45, 7) is 0.510. The minimum Gasteiger partial charge on any atom is -0.497 e. The molecule has 2 rings (SSSR count). The molecule has 2 aromatic carbocycles. The minimum atomic E-state index is 0.330. The SMILES string of the molecule is COc1ccc(COc2cccc(C#CCCl)c2)cc1. The number of benzene rings is 2. The van der Waals surface area contributed by atoms with Gasteiger partial charge in [0.25, 0.3) is 0 Å². The Bertz CT molecular complexity index is 609. The molecule has 0 aromatic heterocycles. The molecule has 3 heteroatoms. The lowest BCUT2D eigenvalue weighted by Crippen LogP contribution is -1.95. The van der Waals surface area contributed by atoms with Crippen LogP contribution in [-0.2, 0) is 6.61 Å². The monoisotopic (exact) mass is 286 g/mol. The molecular formula is C17H15ClO2. The average Bonchev–Trinajstić information content (AvgIpc) is 2.52. The van der Waals surface area contributed by atoms with E-state index in [-0.39, 0.29) is 0 Å². The molecule has 0 aliphatic rings. The number of methoxy groups -OCH3 is 1. The van der Waals surface area contributed by atoms with Gasteiger partial charge in [0.15, 0.2) is 0 Å². The Hall–Kier alpha value is -2.11. The van der Waals surface area contributed by atoms with Gasteiger partial charge in [0.1, 0.15) is 18.1 Å². The Morgan fingerprint density at radius 3 is 2.55 bits per heavy atom. The van der Waals surface area contributed by atoms with Crippen LogP contribution in [0.1, 0.15) is 11.1 Å². The molecule has 2 nitrogen and oxygen atoms in total.